The Hall–Kier alpha value is -2.04. The van der Waals surface area contributed by atoms with Crippen molar-refractivity contribution in [2.45, 2.75) is 19.9 Å². The lowest BCUT2D eigenvalue weighted by Gasteiger charge is -2.39. The molecule has 4 nitrogen and oxygen atoms in total. The topological polar surface area (TPSA) is 40.6 Å². The van der Waals surface area contributed by atoms with Crippen molar-refractivity contribution in [1.29, 1.82) is 0 Å². The van der Waals surface area contributed by atoms with E-state index in [1.807, 2.05) is 31.2 Å². The van der Waals surface area contributed by atoms with Crippen LogP contribution in [0.1, 0.15) is 22.8 Å². The van der Waals surface area contributed by atoms with E-state index < -0.39 is 6.04 Å². The Morgan fingerprint density at radius 1 is 1.08 bits per heavy atom. The summed E-state index contributed by atoms with van der Waals surface area (Å²) < 4.78 is 0. The fraction of sp³-hybridized carbons (Fsp3) is 0.263. The molecule has 1 aliphatic heterocycles. The maximum Gasteiger partial charge on any atom is 0.254 e. The van der Waals surface area contributed by atoms with Gasteiger partial charge in [0, 0.05) is 24.3 Å². The number of amides is 2. The van der Waals surface area contributed by atoms with E-state index in [0.717, 1.165) is 11.3 Å². The normalized spacial score (nSPS) is 17.8. The largest absolute Gasteiger partial charge is 0.325 e. The molecule has 0 aliphatic carbocycles. The summed E-state index contributed by atoms with van der Waals surface area (Å²) in [5.41, 5.74) is 2.35. The average Bonchev–Trinajstić information content (AvgIpc) is 2.60. The van der Waals surface area contributed by atoms with Gasteiger partial charge in [0.15, 0.2) is 0 Å². The molecule has 0 spiro atoms. The molecule has 0 bridgehead atoms. The summed E-state index contributed by atoms with van der Waals surface area (Å²) in [6.07, 6.45) is 0. The molecular formula is C19H18Cl2N2O2. The van der Waals surface area contributed by atoms with Crippen LogP contribution in [0.2, 0.25) is 10.0 Å². The molecule has 1 saturated heterocycles. The van der Waals surface area contributed by atoms with Crippen LogP contribution in [-0.2, 0) is 4.79 Å². The first-order chi connectivity index (χ1) is 11.9. The predicted molar refractivity (Wildman–Crippen MR) is 100 cm³/mol. The molecule has 1 atom stereocenters. The third kappa shape index (κ3) is 3.37. The molecule has 130 valence electrons. The van der Waals surface area contributed by atoms with Gasteiger partial charge < -0.3 is 9.80 Å². The van der Waals surface area contributed by atoms with Crippen LogP contribution < -0.4 is 4.90 Å². The molecule has 0 N–H and O–H groups in total. The van der Waals surface area contributed by atoms with Crippen molar-refractivity contribution < 1.29 is 9.59 Å². The Labute approximate surface area is 156 Å². The Morgan fingerprint density at radius 3 is 2.48 bits per heavy atom. The summed E-state index contributed by atoms with van der Waals surface area (Å²) in [6.45, 7) is 4.64. The molecule has 0 radical (unpaired) electrons. The van der Waals surface area contributed by atoms with Gasteiger partial charge in [-0.15, -0.1) is 0 Å². The minimum atomic E-state index is -0.546. The zero-order valence-corrected chi connectivity index (χ0v) is 15.5. The smallest absolute Gasteiger partial charge is 0.254 e. The first-order valence-electron chi connectivity index (χ1n) is 8.03. The Balaban J connectivity index is 1.83. The molecule has 2 aromatic carbocycles. The SMILES string of the molecule is Cc1ccccc1N1CCN(C(=O)c2ccc(Cl)c(Cl)c2)C(C)C1=O. The van der Waals surface area contributed by atoms with E-state index in [1.165, 1.54) is 6.07 Å². The zero-order valence-electron chi connectivity index (χ0n) is 14.0. The van der Waals surface area contributed by atoms with Gasteiger partial charge in [0.2, 0.25) is 5.91 Å². The summed E-state index contributed by atoms with van der Waals surface area (Å²) >= 11 is 11.9. The van der Waals surface area contributed by atoms with E-state index in [0.29, 0.717) is 28.7 Å². The number of benzene rings is 2. The second-order valence-corrected chi connectivity index (χ2v) is 6.89. The molecule has 3 rings (SSSR count). The molecule has 1 unspecified atom stereocenters. The fourth-order valence-corrected chi connectivity index (χ4v) is 3.35. The van der Waals surface area contributed by atoms with Gasteiger partial charge in [0.1, 0.15) is 6.04 Å². The van der Waals surface area contributed by atoms with Crippen molar-refractivity contribution in [2.24, 2.45) is 0 Å². The maximum absolute atomic E-state index is 12.8. The highest BCUT2D eigenvalue weighted by atomic mass is 35.5. The van der Waals surface area contributed by atoms with Crippen molar-refractivity contribution in [3.05, 3.63) is 63.6 Å². The molecule has 1 fully saturated rings. The van der Waals surface area contributed by atoms with E-state index >= 15 is 0 Å². The molecule has 1 aliphatic rings. The van der Waals surface area contributed by atoms with E-state index in [1.54, 1.807) is 28.9 Å². The molecule has 1 heterocycles. The fourth-order valence-electron chi connectivity index (χ4n) is 3.05. The first kappa shape index (κ1) is 17.8. The molecule has 25 heavy (non-hydrogen) atoms. The number of halogens is 2. The van der Waals surface area contributed by atoms with Crippen LogP contribution in [0.4, 0.5) is 5.69 Å². The Bertz CT molecular complexity index is 838. The lowest BCUT2D eigenvalue weighted by atomic mass is 10.1. The summed E-state index contributed by atoms with van der Waals surface area (Å²) in [5.74, 6) is -0.308. The number of anilines is 1. The first-order valence-corrected chi connectivity index (χ1v) is 8.79. The quantitative estimate of drug-likeness (QED) is 0.788. The van der Waals surface area contributed by atoms with Crippen molar-refractivity contribution in [3.8, 4) is 0 Å². The van der Waals surface area contributed by atoms with Gasteiger partial charge in [-0.3, -0.25) is 9.59 Å². The van der Waals surface area contributed by atoms with E-state index in [4.69, 9.17) is 23.2 Å². The summed E-state index contributed by atoms with van der Waals surface area (Å²) in [7, 11) is 0. The van der Waals surface area contributed by atoms with E-state index in [-0.39, 0.29) is 11.8 Å². The van der Waals surface area contributed by atoms with Gasteiger partial charge in [0.25, 0.3) is 5.91 Å². The van der Waals surface area contributed by atoms with Crippen molar-refractivity contribution in [1.82, 2.24) is 4.90 Å². The van der Waals surface area contributed by atoms with Crippen LogP contribution in [-0.4, -0.2) is 35.8 Å². The van der Waals surface area contributed by atoms with E-state index in [2.05, 4.69) is 0 Å². The van der Waals surface area contributed by atoms with Gasteiger partial charge in [-0.05, 0) is 43.7 Å². The number of carbonyl (C=O) groups excluding carboxylic acids is 2. The molecule has 0 aromatic heterocycles. The lowest BCUT2D eigenvalue weighted by molar-refractivity contribution is -0.124. The zero-order chi connectivity index (χ0) is 18.1. The number of carbonyl (C=O) groups is 2. The minimum Gasteiger partial charge on any atom is -0.325 e. The average molecular weight is 377 g/mol. The highest BCUT2D eigenvalue weighted by Gasteiger charge is 2.35. The number of para-hydroxylation sites is 1. The standard InChI is InChI=1S/C19H18Cl2N2O2/c1-12-5-3-4-6-17(12)23-10-9-22(13(2)18(23)24)19(25)14-7-8-15(20)16(21)11-14/h3-8,11,13H,9-10H2,1-2H3. The number of aryl methyl sites for hydroxylation is 1. The predicted octanol–water partition coefficient (Wildman–Crippen LogP) is 4.18. The third-order valence-corrected chi connectivity index (χ3v) is 5.23. The van der Waals surface area contributed by atoms with Gasteiger partial charge in [-0.2, -0.15) is 0 Å². The highest BCUT2D eigenvalue weighted by molar-refractivity contribution is 6.42. The highest BCUT2D eigenvalue weighted by Crippen LogP contribution is 2.27. The monoisotopic (exact) mass is 376 g/mol. The lowest BCUT2D eigenvalue weighted by Crippen LogP contribution is -2.57. The molecule has 2 amide bonds. The summed E-state index contributed by atoms with van der Waals surface area (Å²) in [5, 5.41) is 0.719. The van der Waals surface area contributed by atoms with Crippen molar-refractivity contribution in [2.75, 3.05) is 18.0 Å². The molecule has 0 saturated carbocycles. The number of nitrogens with zero attached hydrogens (tertiary/aromatic N) is 2. The van der Waals surface area contributed by atoms with Gasteiger partial charge in [-0.1, -0.05) is 41.4 Å². The van der Waals surface area contributed by atoms with Gasteiger partial charge in [0.05, 0.1) is 10.0 Å². The second-order valence-electron chi connectivity index (χ2n) is 6.08. The number of hydrogen-bond donors (Lipinski definition) is 0. The van der Waals surface area contributed by atoms with Crippen LogP contribution in [0.25, 0.3) is 0 Å². The van der Waals surface area contributed by atoms with Crippen molar-refractivity contribution in [3.63, 3.8) is 0 Å². The minimum absolute atomic E-state index is 0.0889. The molecular weight excluding hydrogens is 359 g/mol. The molecule has 6 heteroatoms. The third-order valence-electron chi connectivity index (χ3n) is 4.49. The number of hydrogen-bond acceptors (Lipinski definition) is 2. The van der Waals surface area contributed by atoms with Crippen LogP contribution in [0.5, 0.6) is 0 Å². The van der Waals surface area contributed by atoms with Gasteiger partial charge in [-0.25, -0.2) is 0 Å². The molecule has 2 aromatic rings. The number of rotatable bonds is 2. The summed E-state index contributed by atoms with van der Waals surface area (Å²) in [4.78, 5) is 28.9. The summed E-state index contributed by atoms with van der Waals surface area (Å²) in [6, 6.07) is 12.0. The van der Waals surface area contributed by atoms with Crippen LogP contribution >= 0.6 is 23.2 Å². The van der Waals surface area contributed by atoms with Gasteiger partial charge >= 0.3 is 0 Å². The maximum atomic E-state index is 12.8. The van der Waals surface area contributed by atoms with Crippen LogP contribution in [0.3, 0.4) is 0 Å². The van der Waals surface area contributed by atoms with Crippen LogP contribution in [0, 0.1) is 6.92 Å². The van der Waals surface area contributed by atoms with Crippen molar-refractivity contribution >= 4 is 40.7 Å². The van der Waals surface area contributed by atoms with E-state index in [9.17, 15) is 9.59 Å². The van der Waals surface area contributed by atoms with Crippen LogP contribution in [0.15, 0.2) is 42.5 Å². The second kappa shape index (κ2) is 7.06. The number of piperazine rings is 1. The Kier molecular flexibility index (Phi) is 5.02. The Morgan fingerprint density at radius 2 is 1.80 bits per heavy atom.